The molecule has 0 rings (SSSR count). The van der Waals surface area contributed by atoms with Gasteiger partial charge in [-0.25, -0.2) is 4.79 Å². The molecule has 0 aromatic carbocycles. The third kappa shape index (κ3) is 8.50. The van der Waals surface area contributed by atoms with Crippen LogP contribution in [0, 0.1) is 0 Å². The number of carbonyl (C=O) groups is 2. The number of nitrogens with one attached hydrogen (secondary N) is 2. The Hall–Kier alpha value is -1.30. The largest absolute Gasteiger partial charge is 0.444 e. The van der Waals surface area contributed by atoms with Gasteiger partial charge in [0.25, 0.3) is 0 Å². The van der Waals surface area contributed by atoms with Gasteiger partial charge in [0, 0.05) is 13.6 Å². The molecule has 0 aromatic rings. The summed E-state index contributed by atoms with van der Waals surface area (Å²) in [6.45, 7) is 5.84. The van der Waals surface area contributed by atoms with Crippen LogP contribution in [0.1, 0.15) is 33.6 Å². The Balaban J connectivity index is 3.65. The van der Waals surface area contributed by atoms with Gasteiger partial charge >= 0.3 is 6.09 Å². The molecule has 4 N–H and O–H groups in total. The molecule has 0 radical (unpaired) electrons. The van der Waals surface area contributed by atoms with Gasteiger partial charge in [-0.05, 0) is 33.6 Å². The first-order valence-corrected chi connectivity index (χ1v) is 5.70. The predicted octanol–water partition coefficient (Wildman–Crippen LogP) is 0.365. The Morgan fingerprint density at radius 3 is 2.41 bits per heavy atom. The van der Waals surface area contributed by atoms with Crippen LogP contribution in [0.5, 0.6) is 0 Å². The molecule has 100 valence electrons. The third-order valence-corrected chi connectivity index (χ3v) is 1.94. The maximum Gasteiger partial charge on any atom is 0.407 e. The lowest BCUT2D eigenvalue weighted by molar-refractivity contribution is -0.122. The Morgan fingerprint density at radius 2 is 1.94 bits per heavy atom. The highest BCUT2D eigenvalue weighted by atomic mass is 16.6. The molecule has 0 aromatic heterocycles. The van der Waals surface area contributed by atoms with E-state index in [9.17, 15) is 9.59 Å². The van der Waals surface area contributed by atoms with E-state index in [0.29, 0.717) is 19.4 Å². The number of nitrogens with two attached hydrogens (primary N) is 1. The van der Waals surface area contributed by atoms with Crippen LogP contribution in [0.4, 0.5) is 4.79 Å². The lowest BCUT2D eigenvalue weighted by Gasteiger charge is -2.19. The number of likely N-dealkylation sites (N-methyl/N-ethyl adjacent to an activating group) is 1. The maximum absolute atomic E-state index is 11.2. The van der Waals surface area contributed by atoms with Gasteiger partial charge in [0.2, 0.25) is 5.91 Å². The second kappa shape index (κ2) is 7.11. The van der Waals surface area contributed by atoms with Crippen molar-refractivity contribution in [3.8, 4) is 0 Å². The van der Waals surface area contributed by atoms with Gasteiger partial charge in [0.15, 0.2) is 0 Å². The number of hydrogen-bond donors (Lipinski definition) is 3. The van der Waals surface area contributed by atoms with E-state index in [4.69, 9.17) is 10.5 Å². The molecular formula is C11H23N3O3. The van der Waals surface area contributed by atoms with Gasteiger partial charge in [0.1, 0.15) is 5.60 Å². The molecule has 0 heterocycles. The molecule has 0 aliphatic heterocycles. The average molecular weight is 245 g/mol. The number of amides is 2. The summed E-state index contributed by atoms with van der Waals surface area (Å²) in [4.78, 5) is 22.3. The van der Waals surface area contributed by atoms with Crippen LogP contribution >= 0.6 is 0 Å². The van der Waals surface area contributed by atoms with Crippen LogP contribution in [-0.2, 0) is 9.53 Å². The highest BCUT2D eigenvalue weighted by Crippen LogP contribution is 2.06. The second-order valence-electron chi connectivity index (χ2n) is 4.79. The van der Waals surface area contributed by atoms with Gasteiger partial charge in [-0.3, -0.25) is 4.79 Å². The molecule has 1 atom stereocenters. The smallest absolute Gasteiger partial charge is 0.407 e. The predicted molar refractivity (Wildman–Crippen MR) is 65.5 cm³/mol. The van der Waals surface area contributed by atoms with Gasteiger partial charge < -0.3 is 21.1 Å². The first kappa shape index (κ1) is 15.7. The first-order chi connectivity index (χ1) is 7.76. The summed E-state index contributed by atoms with van der Waals surface area (Å²) in [5, 5.41) is 5.07. The molecule has 0 saturated heterocycles. The standard InChI is InChI=1S/C11H23N3O3/c1-11(2,3)17-10(16)14-7-5-6-8(12)9(15)13-4/h8H,5-7,12H2,1-4H3,(H,13,15)(H,14,16). The van der Waals surface area contributed by atoms with Crippen LogP contribution < -0.4 is 16.4 Å². The molecule has 0 aliphatic rings. The number of carbonyl (C=O) groups excluding carboxylic acids is 2. The molecule has 1 unspecified atom stereocenters. The quantitative estimate of drug-likeness (QED) is 0.610. The van der Waals surface area contributed by atoms with E-state index >= 15 is 0 Å². The summed E-state index contributed by atoms with van der Waals surface area (Å²) < 4.78 is 5.05. The van der Waals surface area contributed by atoms with Crippen LogP contribution in [0.3, 0.4) is 0 Å². The Labute approximate surface area is 102 Å². The highest BCUT2D eigenvalue weighted by Gasteiger charge is 2.16. The fourth-order valence-electron chi connectivity index (χ4n) is 1.14. The Morgan fingerprint density at radius 1 is 1.35 bits per heavy atom. The fraction of sp³-hybridized carbons (Fsp3) is 0.818. The van der Waals surface area contributed by atoms with Gasteiger partial charge in [-0.2, -0.15) is 0 Å². The van der Waals surface area contributed by atoms with Gasteiger partial charge in [-0.15, -0.1) is 0 Å². The molecule has 0 fully saturated rings. The van der Waals surface area contributed by atoms with Crippen molar-refractivity contribution in [2.45, 2.75) is 45.3 Å². The summed E-state index contributed by atoms with van der Waals surface area (Å²) in [7, 11) is 1.54. The maximum atomic E-state index is 11.2. The van der Waals surface area contributed by atoms with E-state index in [1.165, 1.54) is 0 Å². The zero-order valence-corrected chi connectivity index (χ0v) is 11.0. The van der Waals surface area contributed by atoms with E-state index in [-0.39, 0.29) is 5.91 Å². The molecular weight excluding hydrogens is 222 g/mol. The Kier molecular flexibility index (Phi) is 6.57. The van der Waals surface area contributed by atoms with E-state index in [0.717, 1.165) is 0 Å². The van der Waals surface area contributed by atoms with Crippen molar-refractivity contribution in [1.29, 1.82) is 0 Å². The van der Waals surface area contributed by atoms with Gasteiger partial charge in [-0.1, -0.05) is 0 Å². The topological polar surface area (TPSA) is 93.5 Å². The molecule has 0 saturated carbocycles. The molecule has 0 spiro atoms. The normalized spacial score (nSPS) is 12.8. The monoisotopic (exact) mass is 245 g/mol. The number of rotatable bonds is 5. The van der Waals surface area contributed by atoms with Gasteiger partial charge in [0.05, 0.1) is 6.04 Å². The number of ether oxygens (including phenoxy) is 1. The van der Waals surface area contributed by atoms with Crippen LogP contribution in [-0.4, -0.2) is 37.2 Å². The second-order valence-corrected chi connectivity index (χ2v) is 4.79. The van der Waals surface area contributed by atoms with Crippen LogP contribution in [0.15, 0.2) is 0 Å². The number of alkyl carbamates (subject to hydrolysis) is 1. The minimum Gasteiger partial charge on any atom is -0.444 e. The first-order valence-electron chi connectivity index (χ1n) is 5.70. The van der Waals surface area contributed by atoms with Crippen molar-refractivity contribution in [3.63, 3.8) is 0 Å². The van der Waals surface area contributed by atoms with E-state index in [2.05, 4.69) is 10.6 Å². The lowest BCUT2D eigenvalue weighted by atomic mass is 10.1. The van der Waals surface area contributed by atoms with Crippen LogP contribution in [0.2, 0.25) is 0 Å². The summed E-state index contributed by atoms with van der Waals surface area (Å²) in [6, 6.07) is -0.527. The van der Waals surface area contributed by atoms with E-state index < -0.39 is 17.7 Å². The molecule has 0 aliphatic carbocycles. The Bertz CT molecular complexity index is 261. The average Bonchev–Trinajstić information content (AvgIpc) is 2.20. The van der Waals surface area contributed by atoms with Crippen LogP contribution in [0.25, 0.3) is 0 Å². The van der Waals surface area contributed by atoms with Crippen molar-refractivity contribution >= 4 is 12.0 Å². The van der Waals surface area contributed by atoms with Crippen molar-refractivity contribution in [2.75, 3.05) is 13.6 Å². The summed E-state index contributed by atoms with van der Waals surface area (Å²) in [5.41, 5.74) is 5.09. The molecule has 6 heteroatoms. The zero-order chi connectivity index (χ0) is 13.5. The van der Waals surface area contributed by atoms with E-state index in [1.807, 2.05) is 0 Å². The molecule has 2 amide bonds. The van der Waals surface area contributed by atoms with Crippen molar-refractivity contribution < 1.29 is 14.3 Å². The van der Waals surface area contributed by atoms with Crippen molar-refractivity contribution in [1.82, 2.24) is 10.6 Å². The van der Waals surface area contributed by atoms with Crippen molar-refractivity contribution in [3.05, 3.63) is 0 Å². The summed E-state index contributed by atoms with van der Waals surface area (Å²) in [5.74, 6) is -0.192. The van der Waals surface area contributed by atoms with E-state index in [1.54, 1.807) is 27.8 Å². The zero-order valence-electron chi connectivity index (χ0n) is 11.0. The minimum absolute atomic E-state index is 0.192. The number of hydrogen-bond acceptors (Lipinski definition) is 4. The lowest BCUT2D eigenvalue weighted by Crippen LogP contribution is -2.39. The molecule has 6 nitrogen and oxygen atoms in total. The fourth-order valence-corrected chi connectivity index (χ4v) is 1.14. The SMILES string of the molecule is CNC(=O)C(N)CCCNC(=O)OC(C)(C)C. The third-order valence-electron chi connectivity index (χ3n) is 1.94. The summed E-state index contributed by atoms with van der Waals surface area (Å²) >= 11 is 0. The molecule has 17 heavy (non-hydrogen) atoms. The van der Waals surface area contributed by atoms with Crippen molar-refractivity contribution in [2.24, 2.45) is 5.73 Å². The summed E-state index contributed by atoms with van der Waals surface area (Å²) in [6.07, 6.45) is 0.703. The molecule has 0 bridgehead atoms. The minimum atomic E-state index is -0.527. The highest BCUT2D eigenvalue weighted by molar-refractivity contribution is 5.81.